The van der Waals surface area contributed by atoms with E-state index in [1.807, 2.05) is 0 Å². The third-order valence-electron chi connectivity index (χ3n) is 14.3. The molecule has 0 saturated carbocycles. The fourth-order valence-electron chi connectivity index (χ4n) is 11.4. The van der Waals surface area contributed by atoms with Crippen LogP contribution in [-0.2, 0) is 10.8 Å². The molecule has 2 heterocycles. The average Bonchev–Trinajstić information content (AvgIpc) is 3.62. The Bertz CT molecular complexity index is 2460. The van der Waals surface area contributed by atoms with Gasteiger partial charge in [0.05, 0.1) is 10.8 Å². The summed E-state index contributed by atoms with van der Waals surface area (Å²) in [7, 11) is 0. The van der Waals surface area contributed by atoms with Crippen molar-refractivity contribution >= 4 is 45.3 Å². The highest BCUT2D eigenvalue weighted by atomic mass is 15.1. The van der Waals surface area contributed by atoms with Crippen LogP contribution in [-0.4, -0.2) is 32.7 Å². The third-order valence-corrected chi connectivity index (χ3v) is 14.3. The smallest absolute Gasteiger partial charge is 0.196 e. The topological polar surface area (TPSA) is 6.02 Å². The van der Waals surface area contributed by atoms with Gasteiger partial charge >= 0.3 is 0 Å². The highest BCUT2D eigenvalue weighted by Crippen LogP contribution is 2.48. The first kappa shape index (κ1) is 41.9. The van der Waals surface area contributed by atoms with Crippen molar-refractivity contribution in [1.82, 2.24) is 0 Å². The summed E-state index contributed by atoms with van der Waals surface area (Å²) in [5.74, 6) is 1.80. The van der Waals surface area contributed by atoms with E-state index >= 15 is 0 Å². The molecule has 6 aromatic rings. The minimum atomic E-state index is -0.105. The molecule has 0 bridgehead atoms. The number of hydrogen-bond donors (Lipinski definition) is 0. The van der Waals surface area contributed by atoms with E-state index in [1.54, 1.807) is 0 Å². The van der Waals surface area contributed by atoms with Gasteiger partial charge in [0, 0.05) is 62.8 Å². The summed E-state index contributed by atoms with van der Waals surface area (Å²) in [5, 5.41) is 5.21. The molecule has 60 heavy (non-hydrogen) atoms. The van der Waals surface area contributed by atoms with E-state index in [0.717, 1.165) is 12.8 Å². The Kier molecular flexibility index (Phi) is 10.5. The molecule has 0 unspecified atom stereocenters. The monoisotopic (exact) mass is 795 g/mol. The van der Waals surface area contributed by atoms with Crippen LogP contribution >= 0.6 is 0 Å². The van der Waals surface area contributed by atoms with Gasteiger partial charge in [-0.25, -0.2) is 0 Å². The van der Waals surface area contributed by atoms with Gasteiger partial charge < -0.3 is 0 Å². The Morgan fingerprint density at radius 3 is 1.03 bits per heavy atom. The zero-order valence-corrected chi connectivity index (χ0v) is 39.2. The Hall–Kier alpha value is -4.82. The first-order valence-corrected chi connectivity index (χ1v) is 22.9. The molecule has 2 atom stereocenters. The molecule has 2 heteroatoms. The van der Waals surface area contributed by atoms with Crippen LogP contribution in [0.2, 0.25) is 0 Å². The molecule has 0 aliphatic carbocycles. The first-order valence-electron chi connectivity index (χ1n) is 22.9. The van der Waals surface area contributed by atoms with Crippen molar-refractivity contribution in [3.05, 3.63) is 143 Å². The van der Waals surface area contributed by atoms with Crippen LogP contribution in [0.15, 0.2) is 109 Å². The quantitative estimate of drug-likeness (QED) is 0.129. The Balaban J connectivity index is 1.18. The van der Waals surface area contributed by atoms with Crippen LogP contribution < -0.4 is 0 Å². The Morgan fingerprint density at radius 2 is 0.717 bits per heavy atom. The molecular weight excluding hydrogens is 725 g/mol. The van der Waals surface area contributed by atoms with Crippen molar-refractivity contribution in [2.45, 2.75) is 155 Å². The fourth-order valence-corrected chi connectivity index (χ4v) is 11.4. The highest BCUT2D eigenvalue weighted by Gasteiger charge is 2.52. The van der Waals surface area contributed by atoms with Crippen LogP contribution in [0.25, 0.3) is 32.7 Å². The van der Waals surface area contributed by atoms with Crippen LogP contribution in [0.1, 0.15) is 167 Å². The van der Waals surface area contributed by atoms with E-state index in [-0.39, 0.29) is 21.9 Å². The maximum absolute atomic E-state index is 2.64. The largest absolute Gasteiger partial charge is 0.212 e. The summed E-state index contributed by atoms with van der Waals surface area (Å²) in [6.07, 6.45) is 7.22. The molecule has 2 aliphatic heterocycles. The number of nitrogens with zero attached hydrogens (tertiary/aromatic N) is 2. The van der Waals surface area contributed by atoms with Gasteiger partial charge in [-0.15, -0.1) is 0 Å². The van der Waals surface area contributed by atoms with Crippen molar-refractivity contribution in [2.24, 2.45) is 0 Å². The summed E-state index contributed by atoms with van der Waals surface area (Å²) in [4.78, 5) is 0. The van der Waals surface area contributed by atoms with E-state index in [0.29, 0.717) is 23.7 Å². The average molecular weight is 795 g/mol. The van der Waals surface area contributed by atoms with E-state index in [1.165, 1.54) is 77.4 Å². The number of rotatable bonds is 9. The lowest BCUT2D eigenvalue weighted by molar-refractivity contribution is -0.513. The third kappa shape index (κ3) is 7.06. The zero-order chi connectivity index (χ0) is 43.1. The van der Waals surface area contributed by atoms with E-state index in [2.05, 4.69) is 228 Å². The summed E-state index contributed by atoms with van der Waals surface area (Å²) in [5.41, 5.74) is 13.7. The normalized spacial score (nSPS) is 21.2. The van der Waals surface area contributed by atoms with Crippen molar-refractivity contribution in [3.63, 3.8) is 0 Å². The van der Waals surface area contributed by atoms with Gasteiger partial charge in [-0.1, -0.05) is 165 Å². The maximum atomic E-state index is 2.64. The molecular formula is C58H70N2+2. The molecule has 0 N–H and O–H groups in total. The second-order valence-corrected chi connectivity index (χ2v) is 21.5. The summed E-state index contributed by atoms with van der Waals surface area (Å²) in [6, 6.07) is 42.2. The maximum Gasteiger partial charge on any atom is 0.212 e. The van der Waals surface area contributed by atoms with Crippen LogP contribution in [0.4, 0.5) is 11.4 Å². The van der Waals surface area contributed by atoms with Gasteiger partial charge in [-0.05, 0) is 81.3 Å². The second-order valence-electron chi connectivity index (χ2n) is 21.5. The molecule has 0 aromatic heterocycles. The van der Waals surface area contributed by atoms with Gasteiger partial charge in [-0.2, -0.15) is 9.15 Å². The molecule has 2 aliphatic rings. The molecule has 6 aromatic carbocycles. The Labute approximate surface area is 362 Å². The van der Waals surface area contributed by atoms with Gasteiger partial charge in [0.15, 0.2) is 23.5 Å². The molecule has 310 valence electrons. The Morgan fingerprint density at radius 1 is 0.400 bits per heavy atom. The summed E-state index contributed by atoms with van der Waals surface area (Å²) >= 11 is 0. The number of para-hydroxylation sites is 2. The summed E-state index contributed by atoms with van der Waals surface area (Å²) in [6.45, 7) is 33.3. The predicted molar refractivity (Wildman–Crippen MR) is 260 cm³/mol. The first-order chi connectivity index (χ1) is 28.2. The lowest BCUT2D eigenvalue weighted by Gasteiger charge is -2.25. The van der Waals surface area contributed by atoms with E-state index in [9.17, 15) is 0 Å². The molecule has 0 amide bonds. The molecule has 2 nitrogen and oxygen atoms in total. The van der Waals surface area contributed by atoms with Crippen molar-refractivity contribution in [2.75, 3.05) is 0 Å². The van der Waals surface area contributed by atoms with Crippen molar-refractivity contribution in [1.29, 1.82) is 0 Å². The van der Waals surface area contributed by atoms with Gasteiger partial charge in [0.1, 0.15) is 0 Å². The standard InChI is InChI=1S/C58H70N2/c1-37(2)45-21-17-22-46(38(3)4)53(45)59-35-57(13,33-55(59,9)10)43-27-29-49-41(31-43)19-15-25-51(49)52-26-16-20-42-32-44(28-30-50(42)52)58(14)34-56(11,12)60(36-58)54-47(39(5)6)23-18-24-48(54)40(7)8/h15-32,35-40H,33-34H2,1-14H3/q+2/t57-,58+. The van der Waals surface area contributed by atoms with Gasteiger partial charge in [-0.3, -0.25) is 0 Å². The minimum Gasteiger partial charge on any atom is -0.196 e. The fraction of sp³-hybridized carbons (Fsp3) is 0.414. The lowest BCUT2D eigenvalue weighted by atomic mass is 9.76. The van der Waals surface area contributed by atoms with E-state index in [4.69, 9.17) is 0 Å². The van der Waals surface area contributed by atoms with Crippen molar-refractivity contribution in [3.8, 4) is 11.1 Å². The van der Waals surface area contributed by atoms with Crippen LogP contribution in [0.3, 0.4) is 0 Å². The van der Waals surface area contributed by atoms with Crippen molar-refractivity contribution < 1.29 is 9.15 Å². The van der Waals surface area contributed by atoms with Crippen LogP contribution in [0.5, 0.6) is 0 Å². The predicted octanol–water partition coefficient (Wildman–Crippen LogP) is 15.9. The summed E-state index contributed by atoms with van der Waals surface area (Å²) < 4.78 is 5.27. The minimum absolute atomic E-state index is 0.0288. The molecule has 8 rings (SSSR count). The molecule has 0 fully saturated rings. The molecule has 0 saturated heterocycles. The number of hydrogen-bond acceptors (Lipinski definition) is 0. The number of benzene rings is 6. The highest BCUT2D eigenvalue weighted by molar-refractivity contribution is 6.06. The molecule has 0 radical (unpaired) electrons. The van der Waals surface area contributed by atoms with Gasteiger partial charge in [0.2, 0.25) is 11.4 Å². The van der Waals surface area contributed by atoms with E-state index < -0.39 is 0 Å². The lowest BCUT2D eigenvalue weighted by Crippen LogP contribution is -2.31. The van der Waals surface area contributed by atoms with Gasteiger partial charge in [0.25, 0.3) is 0 Å². The molecule has 0 spiro atoms. The SMILES string of the molecule is CC(C)c1cccc(C(C)C)c1[N+]1=C[C@](C)(c2ccc3c(-c4cccc5cc([C@]6(C)C=[N+](c7c(C(C)C)cccc7C(C)C)C(C)(C)C6)ccc45)cccc3c2)CC1(C)C. The second kappa shape index (κ2) is 15.0. The van der Waals surface area contributed by atoms with Crippen LogP contribution in [0, 0.1) is 0 Å². The number of fused-ring (bicyclic) bond motifs is 2. The zero-order valence-electron chi connectivity index (χ0n) is 39.2.